The zero-order chi connectivity index (χ0) is 7.68. The molecule has 0 aliphatic rings. The first-order chi connectivity index (χ1) is 5.38. The van der Waals surface area contributed by atoms with E-state index in [9.17, 15) is 0 Å². The summed E-state index contributed by atoms with van der Waals surface area (Å²) < 4.78 is 1.54. The topological polar surface area (TPSA) is 0 Å². The Labute approximate surface area is 82.2 Å². The van der Waals surface area contributed by atoms with Gasteiger partial charge in [0.2, 0.25) is 0 Å². The third-order valence-corrected chi connectivity index (χ3v) is 4.28. The van der Waals surface area contributed by atoms with Crippen molar-refractivity contribution < 1.29 is 26.1 Å². The number of fused-ring (bicyclic) bond motifs is 1. The fourth-order valence-corrected chi connectivity index (χ4v) is 3.07. The van der Waals surface area contributed by atoms with Crippen molar-refractivity contribution >= 4 is 13.8 Å². The van der Waals surface area contributed by atoms with Gasteiger partial charge in [-0.3, -0.25) is 0 Å². The van der Waals surface area contributed by atoms with Crippen LogP contribution in [0.25, 0.3) is 10.8 Å². The van der Waals surface area contributed by atoms with E-state index < -0.39 is 0 Å². The Morgan fingerprint density at radius 2 is 1.55 bits per heavy atom. The van der Waals surface area contributed by atoms with Gasteiger partial charge in [0.05, 0.1) is 0 Å². The molecule has 0 heterocycles. The number of rotatable bonds is 0. The average Bonchev–Trinajstić information content (AvgIpc) is 2.06. The Bertz CT molecular complexity index is 374. The summed E-state index contributed by atoms with van der Waals surface area (Å²) in [4.78, 5) is 0. The van der Waals surface area contributed by atoms with Crippen LogP contribution in [0.3, 0.4) is 0 Å². The van der Waals surface area contributed by atoms with E-state index in [0.29, 0.717) is 0 Å². The minimum absolute atomic E-state index is 0.735. The summed E-state index contributed by atoms with van der Waals surface area (Å²) in [6, 6.07) is 15.1. The Morgan fingerprint density at radius 3 is 2.36 bits per heavy atom. The molecule has 0 spiro atoms. The van der Waals surface area contributed by atoms with Crippen molar-refractivity contribution in [2.24, 2.45) is 0 Å². The molecule has 0 fully saturated rings. The second kappa shape index (κ2) is 2.94. The number of benzene rings is 2. The van der Waals surface area contributed by atoms with E-state index in [-0.39, 0.29) is 0 Å². The van der Waals surface area contributed by atoms with Gasteiger partial charge in [0.25, 0.3) is 0 Å². The van der Waals surface area contributed by atoms with Crippen LogP contribution in [0.5, 0.6) is 0 Å². The van der Waals surface area contributed by atoms with Crippen LogP contribution in [-0.2, 0) is 26.1 Å². The summed E-state index contributed by atoms with van der Waals surface area (Å²) in [5.41, 5.74) is 0. The van der Waals surface area contributed by atoms with E-state index in [1.54, 1.807) is 3.07 Å². The molecule has 11 heavy (non-hydrogen) atoms. The second-order valence-corrected chi connectivity index (χ2v) is 5.60. The summed E-state index contributed by atoms with van der Waals surface area (Å²) in [6.07, 6.45) is 0. The maximum atomic E-state index is 2.23. The summed E-state index contributed by atoms with van der Waals surface area (Å²) in [5, 5.41) is 2.82. The zero-order valence-electron chi connectivity index (χ0n) is 6.25. The van der Waals surface area contributed by atoms with E-state index in [2.05, 4.69) is 42.5 Å². The van der Waals surface area contributed by atoms with E-state index in [1.165, 1.54) is 10.8 Å². The van der Waals surface area contributed by atoms with Crippen molar-refractivity contribution in [3.8, 4) is 0 Å². The number of hydrogen-bond donors (Lipinski definition) is 0. The first-order valence-corrected chi connectivity index (χ1v) is 6.42. The van der Waals surface area contributed by atoms with E-state index in [4.69, 9.17) is 0 Å². The van der Waals surface area contributed by atoms with Gasteiger partial charge in [0, 0.05) is 0 Å². The molecule has 0 aliphatic carbocycles. The maximum absolute atomic E-state index is 2.23. The summed E-state index contributed by atoms with van der Waals surface area (Å²) in [5.74, 6) is 0. The molecule has 2 rings (SSSR count). The minimum atomic E-state index is 0.735. The summed E-state index contributed by atoms with van der Waals surface area (Å²) >= 11 is 0.735. The monoisotopic (exact) mass is 329 g/mol. The SMILES string of the molecule is [Hg+][c]1cccc2ccccc12. The molecule has 0 saturated heterocycles. The van der Waals surface area contributed by atoms with Crippen molar-refractivity contribution in [3.63, 3.8) is 0 Å². The predicted octanol–water partition coefficient (Wildman–Crippen LogP) is 2.01. The average molecular weight is 328 g/mol. The molecule has 0 saturated carbocycles. The van der Waals surface area contributed by atoms with Crippen LogP contribution in [0.4, 0.5) is 0 Å². The molecule has 0 amide bonds. The molecular formula is C10H7Hg+. The van der Waals surface area contributed by atoms with Gasteiger partial charge in [-0.1, -0.05) is 0 Å². The molecule has 48 valence electrons. The van der Waals surface area contributed by atoms with E-state index in [1.807, 2.05) is 0 Å². The molecule has 0 aliphatic heterocycles. The van der Waals surface area contributed by atoms with Crippen molar-refractivity contribution in [2.75, 3.05) is 0 Å². The fraction of sp³-hybridized carbons (Fsp3) is 0. The van der Waals surface area contributed by atoms with Gasteiger partial charge in [0.15, 0.2) is 0 Å². The standard InChI is InChI=1S/C10H7.Hg/c1-2-6-10-8-4-3-7-9(10)5-1;/h1-7H;/q;+1. The first kappa shape index (κ1) is 7.29. The normalized spacial score (nSPS) is 10.4. The van der Waals surface area contributed by atoms with Crippen molar-refractivity contribution in [2.45, 2.75) is 0 Å². The molecule has 0 radical (unpaired) electrons. The second-order valence-electron chi connectivity index (χ2n) is 2.64. The van der Waals surface area contributed by atoms with Gasteiger partial charge in [-0.15, -0.1) is 0 Å². The van der Waals surface area contributed by atoms with Crippen LogP contribution < -0.4 is 3.07 Å². The Hall–Kier alpha value is -0.365. The van der Waals surface area contributed by atoms with Crippen LogP contribution in [0.1, 0.15) is 0 Å². The molecule has 0 aromatic heterocycles. The van der Waals surface area contributed by atoms with Crippen LogP contribution >= 0.6 is 0 Å². The van der Waals surface area contributed by atoms with Crippen LogP contribution in [-0.4, -0.2) is 0 Å². The third kappa shape index (κ3) is 1.32. The molecule has 0 unspecified atom stereocenters. The molecule has 2 aromatic rings. The predicted molar refractivity (Wildman–Crippen MR) is 43.6 cm³/mol. The Kier molecular flexibility index (Phi) is 1.95. The number of hydrogen-bond acceptors (Lipinski definition) is 0. The van der Waals surface area contributed by atoms with Gasteiger partial charge in [-0.05, 0) is 0 Å². The van der Waals surface area contributed by atoms with Crippen molar-refractivity contribution in [1.82, 2.24) is 0 Å². The van der Waals surface area contributed by atoms with Gasteiger partial charge >= 0.3 is 82.4 Å². The van der Waals surface area contributed by atoms with Crippen LogP contribution in [0, 0.1) is 0 Å². The molecule has 1 heteroatoms. The molecule has 0 N–H and O–H groups in total. The molecular weight excluding hydrogens is 321 g/mol. The van der Waals surface area contributed by atoms with Gasteiger partial charge in [0.1, 0.15) is 0 Å². The quantitative estimate of drug-likeness (QED) is 0.649. The third-order valence-electron chi connectivity index (χ3n) is 1.88. The van der Waals surface area contributed by atoms with Gasteiger partial charge in [-0.2, -0.15) is 0 Å². The van der Waals surface area contributed by atoms with Gasteiger partial charge < -0.3 is 0 Å². The zero-order valence-corrected chi connectivity index (χ0v) is 11.7. The Balaban J connectivity index is 2.91. The van der Waals surface area contributed by atoms with E-state index >= 15 is 0 Å². The summed E-state index contributed by atoms with van der Waals surface area (Å²) in [6.45, 7) is 0. The first-order valence-electron chi connectivity index (χ1n) is 3.67. The van der Waals surface area contributed by atoms with Crippen LogP contribution in [0.15, 0.2) is 42.5 Å². The molecule has 2 aromatic carbocycles. The van der Waals surface area contributed by atoms with Crippen LogP contribution in [0.2, 0.25) is 0 Å². The van der Waals surface area contributed by atoms with Crippen molar-refractivity contribution in [1.29, 1.82) is 0 Å². The molecule has 0 nitrogen and oxygen atoms in total. The molecule has 0 bridgehead atoms. The molecule has 0 atom stereocenters. The summed E-state index contributed by atoms with van der Waals surface area (Å²) in [7, 11) is 0. The fourth-order valence-electron chi connectivity index (χ4n) is 1.29. The Morgan fingerprint density at radius 1 is 0.818 bits per heavy atom. The van der Waals surface area contributed by atoms with Gasteiger partial charge in [-0.25, -0.2) is 0 Å². The van der Waals surface area contributed by atoms with Crippen molar-refractivity contribution in [3.05, 3.63) is 42.5 Å². The van der Waals surface area contributed by atoms with E-state index in [0.717, 1.165) is 26.1 Å².